The van der Waals surface area contributed by atoms with E-state index < -0.39 is 5.82 Å². The summed E-state index contributed by atoms with van der Waals surface area (Å²) < 4.78 is 13.0. The van der Waals surface area contributed by atoms with E-state index in [-0.39, 0.29) is 22.8 Å². The zero-order valence-electron chi connectivity index (χ0n) is 11.2. The molecule has 0 aliphatic heterocycles. The fraction of sp³-hybridized carbons (Fsp3) is 0.467. The molecule has 1 aromatic rings. The third kappa shape index (κ3) is 2.76. The Hall–Kier alpha value is -1.89. The Morgan fingerprint density at radius 1 is 1.53 bits per heavy atom. The third-order valence-corrected chi connectivity index (χ3v) is 3.93. The molecule has 1 N–H and O–H groups in total. The predicted octanol–water partition coefficient (Wildman–Crippen LogP) is 3.46. The average Bonchev–Trinajstić information content (AvgIpc) is 2.71. The smallest absolute Gasteiger partial charge is 0.228 e. The Morgan fingerprint density at radius 2 is 2.26 bits per heavy atom. The monoisotopic (exact) mass is 260 g/mol. The summed E-state index contributed by atoms with van der Waals surface area (Å²) in [6.07, 6.45) is 2.93. The van der Waals surface area contributed by atoms with E-state index in [9.17, 15) is 9.18 Å². The van der Waals surface area contributed by atoms with Crippen LogP contribution in [0.4, 0.5) is 10.1 Å². The van der Waals surface area contributed by atoms with E-state index in [0.717, 1.165) is 25.3 Å². The SMILES string of the molecule is CC1(C)CCCC1C(=O)Nc1ccc(F)cc1C#N. The van der Waals surface area contributed by atoms with Crippen molar-refractivity contribution >= 4 is 11.6 Å². The maximum Gasteiger partial charge on any atom is 0.228 e. The molecule has 0 bridgehead atoms. The molecule has 1 atom stereocenters. The molecule has 0 aromatic heterocycles. The highest BCUT2D eigenvalue weighted by Gasteiger charge is 2.39. The number of nitrogens with zero attached hydrogens (tertiary/aromatic N) is 1. The van der Waals surface area contributed by atoms with Crippen LogP contribution in [0.25, 0.3) is 0 Å². The van der Waals surface area contributed by atoms with Gasteiger partial charge in [0.1, 0.15) is 11.9 Å². The number of nitriles is 1. The summed E-state index contributed by atoms with van der Waals surface area (Å²) in [5.74, 6) is -0.606. The van der Waals surface area contributed by atoms with Crippen molar-refractivity contribution in [3.63, 3.8) is 0 Å². The van der Waals surface area contributed by atoms with Gasteiger partial charge in [0.15, 0.2) is 0 Å². The zero-order chi connectivity index (χ0) is 14.0. The number of hydrogen-bond donors (Lipinski definition) is 1. The number of halogens is 1. The Morgan fingerprint density at radius 3 is 2.84 bits per heavy atom. The minimum atomic E-state index is -0.476. The fourth-order valence-corrected chi connectivity index (χ4v) is 2.75. The molecule has 100 valence electrons. The van der Waals surface area contributed by atoms with Gasteiger partial charge in [0, 0.05) is 5.92 Å². The van der Waals surface area contributed by atoms with Crippen molar-refractivity contribution in [3.8, 4) is 6.07 Å². The molecule has 1 fully saturated rings. The second-order valence-corrected chi connectivity index (χ2v) is 5.72. The van der Waals surface area contributed by atoms with E-state index in [1.165, 1.54) is 12.1 Å². The number of amides is 1. The normalized spacial score (nSPS) is 20.8. The van der Waals surface area contributed by atoms with Gasteiger partial charge in [-0.05, 0) is 36.5 Å². The van der Waals surface area contributed by atoms with E-state index in [0.29, 0.717) is 5.69 Å². The highest BCUT2D eigenvalue weighted by molar-refractivity contribution is 5.94. The molecule has 1 saturated carbocycles. The van der Waals surface area contributed by atoms with Crippen molar-refractivity contribution in [2.24, 2.45) is 11.3 Å². The molecule has 1 aliphatic rings. The van der Waals surface area contributed by atoms with Gasteiger partial charge in [0.05, 0.1) is 11.3 Å². The molecule has 1 unspecified atom stereocenters. The lowest BCUT2D eigenvalue weighted by Gasteiger charge is -2.26. The first kappa shape index (κ1) is 13.5. The second kappa shape index (κ2) is 5.00. The molecule has 0 spiro atoms. The van der Waals surface area contributed by atoms with Crippen molar-refractivity contribution < 1.29 is 9.18 Å². The standard InChI is InChI=1S/C15H17FN2O/c1-15(2)7-3-4-12(15)14(19)18-13-6-5-11(16)8-10(13)9-17/h5-6,8,12H,3-4,7H2,1-2H3,(H,18,19). The third-order valence-electron chi connectivity index (χ3n) is 3.93. The molecule has 1 aromatic carbocycles. The van der Waals surface area contributed by atoms with E-state index in [1.54, 1.807) is 0 Å². The van der Waals surface area contributed by atoms with Gasteiger partial charge in [-0.3, -0.25) is 4.79 Å². The van der Waals surface area contributed by atoms with Crippen molar-refractivity contribution in [2.75, 3.05) is 5.32 Å². The molecular weight excluding hydrogens is 243 g/mol. The minimum absolute atomic E-state index is 0.0169. The molecule has 3 nitrogen and oxygen atoms in total. The average molecular weight is 260 g/mol. The Bertz CT molecular complexity index is 546. The minimum Gasteiger partial charge on any atom is -0.325 e. The Balaban J connectivity index is 2.18. The van der Waals surface area contributed by atoms with Crippen molar-refractivity contribution in [3.05, 3.63) is 29.6 Å². The molecule has 1 aliphatic carbocycles. The first-order valence-corrected chi connectivity index (χ1v) is 6.44. The van der Waals surface area contributed by atoms with Crippen LogP contribution in [-0.2, 0) is 4.79 Å². The van der Waals surface area contributed by atoms with Gasteiger partial charge in [-0.1, -0.05) is 20.3 Å². The number of rotatable bonds is 2. The summed E-state index contributed by atoms with van der Waals surface area (Å²) in [7, 11) is 0. The molecule has 0 saturated heterocycles. The van der Waals surface area contributed by atoms with Crippen molar-refractivity contribution in [1.29, 1.82) is 5.26 Å². The van der Waals surface area contributed by atoms with E-state index in [2.05, 4.69) is 19.2 Å². The van der Waals surface area contributed by atoms with Gasteiger partial charge in [-0.15, -0.1) is 0 Å². The summed E-state index contributed by atoms with van der Waals surface area (Å²) in [6.45, 7) is 4.17. The molecule has 19 heavy (non-hydrogen) atoms. The van der Waals surface area contributed by atoms with Crippen LogP contribution >= 0.6 is 0 Å². The topological polar surface area (TPSA) is 52.9 Å². The lowest BCUT2D eigenvalue weighted by Crippen LogP contribution is -2.31. The molecule has 1 amide bonds. The van der Waals surface area contributed by atoms with Crippen LogP contribution in [0.15, 0.2) is 18.2 Å². The van der Waals surface area contributed by atoms with E-state index in [1.807, 2.05) is 6.07 Å². The lowest BCUT2D eigenvalue weighted by atomic mass is 9.81. The van der Waals surface area contributed by atoms with Crippen LogP contribution < -0.4 is 5.32 Å². The number of hydrogen-bond acceptors (Lipinski definition) is 2. The first-order chi connectivity index (χ1) is 8.94. The van der Waals surface area contributed by atoms with Gasteiger partial charge in [0.2, 0.25) is 5.91 Å². The fourth-order valence-electron chi connectivity index (χ4n) is 2.75. The summed E-state index contributed by atoms with van der Waals surface area (Å²) in [5.41, 5.74) is 0.525. The quantitative estimate of drug-likeness (QED) is 0.885. The first-order valence-electron chi connectivity index (χ1n) is 6.44. The van der Waals surface area contributed by atoms with E-state index >= 15 is 0 Å². The predicted molar refractivity (Wildman–Crippen MR) is 70.9 cm³/mol. The summed E-state index contributed by atoms with van der Waals surface area (Å²) >= 11 is 0. The van der Waals surface area contributed by atoms with Gasteiger partial charge in [0.25, 0.3) is 0 Å². The van der Waals surface area contributed by atoms with Crippen LogP contribution in [0, 0.1) is 28.5 Å². The van der Waals surface area contributed by atoms with Crippen LogP contribution in [0.5, 0.6) is 0 Å². The van der Waals surface area contributed by atoms with Gasteiger partial charge >= 0.3 is 0 Å². The van der Waals surface area contributed by atoms with Crippen LogP contribution in [0.3, 0.4) is 0 Å². The maximum absolute atomic E-state index is 13.0. The van der Waals surface area contributed by atoms with Crippen molar-refractivity contribution in [1.82, 2.24) is 0 Å². The van der Waals surface area contributed by atoms with Crippen molar-refractivity contribution in [2.45, 2.75) is 33.1 Å². The molecular formula is C15H17FN2O. The highest BCUT2D eigenvalue weighted by atomic mass is 19.1. The Labute approximate surface area is 112 Å². The molecule has 0 radical (unpaired) electrons. The zero-order valence-corrected chi connectivity index (χ0v) is 11.2. The van der Waals surface area contributed by atoms with Gasteiger partial charge in [-0.25, -0.2) is 4.39 Å². The highest BCUT2D eigenvalue weighted by Crippen LogP contribution is 2.43. The van der Waals surface area contributed by atoms with Crippen LogP contribution in [0.1, 0.15) is 38.7 Å². The van der Waals surface area contributed by atoms with Gasteiger partial charge < -0.3 is 5.32 Å². The number of benzene rings is 1. The Kier molecular flexibility index (Phi) is 3.57. The van der Waals surface area contributed by atoms with E-state index in [4.69, 9.17) is 5.26 Å². The van der Waals surface area contributed by atoms with Gasteiger partial charge in [-0.2, -0.15) is 5.26 Å². The second-order valence-electron chi connectivity index (χ2n) is 5.72. The number of carbonyl (C=O) groups excluding carboxylic acids is 1. The molecule has 2 rings (SSSR count). The lowest BCUT2D eigenvalue weighted by molar-refractivity contribution is -0.122. The number of nitrogens with one attached hydrogen (secondary N) is 1. The number of carbonyl (C=O) groups is 1. The largest absolute Gasteiger partial charge is 0.325 e. The summed E-state index contributed by atoms with van der Waals surface area (Å²) in [6, 6.07) is 5.72. The summed E-state index contributed by atoms with van der Waals surface area (Å²) in [4.78, 5) is 12.3. The summed E-state index contributed by atoms with van der Waals surface area (Å²) in [5, 5.41) is 11.7. The number of anilines is 1. The van der Waals surface area contributed by atoms with Crippen LogP contribution in [0.2, 0.25) is 0 Å². The maximum atomic E-state index is 13.0. The van der Waals surface area contributed by atoms with Crippen LogP contribution in [-0.4, -0.2) is 5.91 Å². The molecule has 0 heterocycles. The molecule has 4 heteroatoms.